The van der Waals surface area contributed by atoms with E-state index in [0.29, 0.717) is 55.4 Å². The first-order chi connectivity index (χ1) is 24.6. The molecule has 17 nitrogen and oxygen atoms in total. The summed E-state index contributed by atoms with van der Waals surface area (Å²) in [5, 5.41) is 3.52. The lowest BCUT2D eigenvalue weighted by molar-refractivity contribution is -0.193. The third-order valence-corrected chi connectivity index (χ3v) is 6.75. The molecule has 0 heterocycles. The Bertz CT molecular complexity index is 1480. The first kappa shape index (κ1) is 45.0. The first-order valence-electron chi connectivity index (χ1n) is 15.6. The Hall–Kier alpha value is -5.95. The number of unbranched alkanes of at least 4 members (excludes halogenated alkanes) is 3. The lowest BCUT2D eigenvalue weighted by Gasteiger charge is -2.26. The number of aldehydes is 1. The zero-order valence-corrected chi connectivity index (χ0v) is 29.0. The average Bonchev–Trinajstić information content (AvgIpc) is 3.13. The van der Waals surface area contributed by atoms with Gasteiger partial charge in [-0.2, -0.15) is 19.2 Å². The summed E-state index contributed by atoms with van der Waals surface area (Å²) in [6.07, 6.45) is 4.42. The third kappa shape index (κ3) is 17.9. The standard InChI is InChI=1S/C31H42FN5O8.2CO2/c1-5-36(20-30(39)41-3)25-12-11-24(32)18-28(25)44-15-16-45-29-19-27(43-14-10-8-7-9-13-34-35-33)23(22-38)17-26(29)37(6-2)21-31(40)42-4;2*2-1-3/h11-12,17-19,22H,5-10,13-16,20-21H2,1-4H3;;. The Morgan fingerprint density at radius 2 is 1.29 bits per heavy atom. The molecule has 18 heteroatoms. The molecule has 2 rings (SSSR count). The van der Waals surface area contributed by atoms with Gasteiger partial charge in [-0.3, -0.25) is 14.4 Å². The second-order valence-corrected chi connectivity index (χ2v) is 9.85. The van der Waals surface area contributed by atoms with Crippen LogP contribution >= 0.6 is 0 Å². The number of halogens is 1. The summed E-state index contributed by atoms with van der Waals surface area (Å²) in [6, 6.07) is 7.25. The molecule has 0 aliphatic rings. The van der Waals surface area contributed by atoms with Crippen LogP contribution in [0.3, 0.4) is 0 Å². The predicted molar refractivity (Wildman–Crippen MR) is 177 cm³/mol. The summed E-state index contributed by atoms with van der Waals surface area (Å²) in [5.41, 5.74) is 9.66. The van der Waals surface area contributed by atoms with Crippen LogP contribution in [0.25, 0.3) is 10.4 Å². The second kappa shape index (κ2) is 27.9. The molecule has 51 heavy (non-hydrogen) atoms. The molecule has 0 aliphatic heterocycles. The molecular formula is C33H42FN5O12. The van der Waals surface area contributed by atoms with Crippen LogP contribution in [0, 0.1) is 5.82 Å². The highest BCUT2D eigenvalue weighted by molar-refractivity contribution is 5.85. The van der Waals surface area contributed by atoms with E-state index in [4.69, 9.17) is 48.4 Å². The SMILES string of the molecule is CCN(CC(=O)OC)c1ccc(F)cc1OCCOc1cc(OCCCCCCN=[N+]=[N-])c(C=O)cc1N(CC)CC(=O)OC.O=C=O.O=C=O. The molecule has 2 aromatic rings. The van der Waals surface area contributed by atoms with Gasteiger partial charge in [0.1, 0.15) is 49.4 Å². The summed E-state index contributed by atoms with van der Waals surface area (Å²) >= 11 is 0. The van der Waals surface area contributed by atoms with Crippen molar-refractivity contribution in [1.29, 1.82) is 0 Å². The molecule has 0 aliphatic carbocycles. The average molecular weight is 720 g/mol. The van der Waals surface area contributed by atoms with E-state index in [1.807, 2.05) is 13.8 Å². The molecule has 0 atom stereocenters. The number of benzene rings is 2. The van der Waals surface area contributed by atoms with Crippen LogP contribution in [0.2, 0.25) is 0 Å². The normalized spacial score (nSPS) is 9.43. The molecule has 0 bridgehead atoms. The number of nitrogens with zero attached hydrogens (tertiary/aromatic N) is 5. The number of carbonyl (C=O) groups excluding carboxylic acids is 7. The van der Waals surface area contributed by atoms with Crippen LogP contribution in [0.1, 0.15) is 49.9 Å². The van der Waals surface area contributed by atoms with E-state index in [1.54, 1.807) is 21.9 Å². The fraction of sp³-hybridized carbons (Fsp3) is 0.485. The van der Waals surface area contributed by atoms with E-state index in [0.717, 1.165) is 25.7 Å². The van der Waals surface area contributed by atoms with Crippen LogP contribution in [0.15, 0.2) is 35.4 Å². The van der Waals surface area contributed by atoms with Crippen molar-refractivity contribution in [3.63, 3.8) is 0 Å². The van der Waals surface area contributed by atoms with Crippen molar-refractivity contribution < 1.29 is 61.6 Å². The van der Waals surface area contributed by atoms with Crippen LogP contribution in [0.4, 0.5) is 15.8 Å². The zero-order valence-electron chi connectivity index (χ0n) is 29.0. The first-order valence-corrected chi connectivity index (χ1v) is 15.6. The molecule has 0 amide bonds. The van der Waals surface area contributed by atoms with Gasteiger partial charge in [-0.25, -0.2) is 4.39 Å². The van der Waals surface area contributed by atoms with Gasteiger partial charge in [-0.1, -0.05) is 18.0 Å². The Labute approximate surface area is 294 Å². The maximum absolute atomic E-state index is 14.1. The van der Waals surface area contributed by atoms with Crippen LogP contribution < -0.4 is 24.0 Å². The van der Waals surface area contributed by atoms with E-state index < -0.39 is 17.8 Å². The van der Waals surface area contributed by atoms with Crippen LogP contribution in [-0.4, -0.2) is 97.3 Å². The number of azide groups is 1. The minimum Gasteiger partial charge on any atom is -0.493 e. The number of likely N-dealkylation sites (N-methyl/N-ethyl adjacent to an activating group) is 2. The largest absolute Gasteiger partial charge is 0.493 e. The minimum atomic E-state index is -0.505. The van der Waals surface area contributed by atoms with Gasteiger partial charge in [0.25, 0.3) is 0 Å². The molecule has 278 valence electrons. The number of methoxy groups -OCH3 is 2. The van der Waals surface area contributed by atoms with Crippen molar-refractivity contribution in [2.45, 2.75) is 39.5 Å². The van der Waals surface area contributed by atoms with Crippen molar-refractivity contribution in [1.82, 2.24) is 0 Å². The van der Waals surface area contributed by atoms with Crippen molar-refractivity contribution in [3.8, 4) is 17.2 Å². The molecule has 2 aromatic carbocycles. The second-order valence-electron chi connectivity index (χ2n) is 9.85. The summed E-state index contributed by atoms with van der Waals surface area (Å²) in [4.78, 5) is 74.7. The van der Waals surface area contributed by atoms with E-state index >= 15 is 0 Å². The highest BCUT2D eigenvalue weighted by Gasteiger charge is 2.20. The summed E-state index contributed by atoms with van der Waals surface area (Å²) in [7, 11) is 2.59. The molecule has 0 saturated heterocycles. The van der Waals surface area contributed by atoms with Gasteiger partial charge in [0, 0.05) is 36.7 Å². The van der Waals surface area contributed by atoms with Gasteiger partial charge < -0.3 is 33.5 Å². The number of hydrogen-bond donors (Lipinski definition) is 0. The number of esters is 2. The fourth-order valence-electron chi connectivity index (χ4n) is 4.35. The molecule has 0 radical (unpaired) electrons. The maximum atomic E-state index is 14.1. The highest BCUT2D eigenvalue weighted by atomic mass is 19.1. The van der Waals surface area contributed by atoms with Crippen molar-refractivity contribution in [3.05, 3.63) is 52.2 Å². The van der Waals surface area contributed by atoms with E-state index in [2.05, 4.69) is 10.0 Å². The molecular weight excluding hydrogens is 677 g/mol. The lowest BCUT2D eigenvalue weighted by atomic mass is 10.1. The van der Waals surface area contributed by atoms with Gasteiger partial charge in [-0.15, -0.1) is 0 Å². The smallest absolute Gasteiger partial charge is 0.373 e. The van der Waals surface area contributed by atoms with Gasteiger partial charge >= 0.3 is 24.2 Å². The number of ether oxygens (including phenoxy) is 5. The molecule has 0 spiro atoms. The Kier molecular flexibility index (Phi) is 24.7. The minimum absolute atomic E-state index is 0.0102. The third-order valence-electron chi connectivity index (χ3n) is 6.75. The van der Waals surface area contributed by atoms with E-state index in [9.17, 15) is 18.8 Å². The Morgan fingerprint density at radius 1 is 0.784 bits per heavy atom. The van der Waals surface area contributed by atoms with Gasteiger partial charge in [-0.05, 0) is 50.4 Å². The Morgan fingerprint density at radius 3 is 1.80 bits per heavy atom. The number of rotatable bonds is 22. The molecule has 0 N–H and O–H groups in total. The van der Waals surface area contributed by atoms with Gasteiger partial charge in [0.05, 0.1) is 37.8 Å². The molecule has 0 unspecified atom stereocenters. The lowest BCUT2D eigenvalue weighted by Crippen LogP contribution is -2.31. The van der Waals surface area contributed by atoms with Crippen molar-refractivity contribution in [2.75, 3.05) is 76.6 Å². The summed E-state index contributed by atoms with van der Waals surface area (Å²) in [6.45, 7) is 5.28. The van der Waals surface area contributed by atoms with Gasteiger partial charge in [0.2, 0.25) is 0 Å². The van der Waals surface area contributed by atoms with E-state index in [-0.39, 0.29) is 49.9 Å². The number of anilines is 2. The maximum Gasteiger partial charge on any atom is 0.373 e. The summed E-state index contributed by atoms with van der Waals surface area (Å²) < 4.78 is 41.7. The molecule has 0 saturated carbocycles. The zero-order chi connectivity index (χ0) is 38.4. The van der Waals surface area contributed by atoms with E-state index in [1.165, 1.54) is 32.4 Å². The number of hydrogen-bond acceptors (Lipinski definition) is 15. The van der Waals surface area contributed by atoms with Crippen LogP contribution in [0.5, 0.6) is 17.2 Å². The quantitative estimate of drug-likeness (QED) is 0.0416. The topological polar surface area (TPSA) is 221 Å². The molecule has 0 aromatic heterocycles. The fourth-order valence-corrected chi connectivity index (χ4v) is 4.35. The monoisotopic (exact) mass is 719 g/mol. The van der Waals surface area contributed by atoms with Crippen molar-refractivity contribution >= 4 is 41.9 Å². The van der Waals surface area contributed by atoms with Crippen LogP contribution in [-0.2, 0) is 38.2 Å². The summed E-state index contributed by atoms with van der Waals surface area (Å²) in [5.74, 6) is -0.524. The Balaban J connectivity index is 0.00000387. The number of carbonyl (C=O) groups is 3. The highest BCUT2D eigenvalue weighted by Crippen LogP contribution is 2.36. The predicted octanol–water partition coefficient (Wildman–Crippen LogP) is 4.18. The van der Waals surface area contributed by atoms with Crippen molar-refractivity contribution in [2.24, 2.45) is 5.11 Å². The van der Waals surface area contributed by atoms with Gasteiger partial charge in [0.15, 0.2) is 6.29 Å². The molecule has 0 fully saturated rings.